The number of hydrogen-bond acceptors (Lipinski definition) is 3. The highest BCUT2D eigenvalue weighted by Crippen LogP contribution is 2.19. The normalized spacial score (nSPS) is 11.6. The SMILES string of the molecule is NN=C(N)CSc1ccc(Br)cc1. The molecule has 1 aromatic carbocycles. The Morgan fingerprint density at radius 2 is 2.00 bits per heavy atom. The molecule has 13 heavy (non-hydrogen) atoms. The number of hydrogen-bond donors (Lipinski definition) is 2. The molecule has 1 aromatic rings. The van der Waals surface area contributed by atoms with E-state index in [1.54, 1.807) is 11.8 Å². The molecule has 0 aliphatic heterocycles. The first kappa shape index (κ1) is 10.4. The third-order valence-electron chi connectivity index (χ3n) is 1.37. The van der Waals surface area contributed by atoms with Crippen LogP contribution in [0.5, 0.6) is 0 Å². The average Bonchev–Trinajstić information content (AvgIpc) is 2.16. The van der Waals surface area contributed by atoms with Gasteiger partial charge in [-0.3, -0.25) is 0 Å². The number of benzene rings is 1. The van der Waals surface area contributed by atoms with Crippen molar-refractivity contribution in [2.75, 3.05) is 5.75 Å². The van der Waals surface area contributed by atoms with Gasteiger partial charge in [-0.25, -0.2) is 0 Å². The second kappa shape index (κ2) is 5.14. The zero-order chi connectivity index (χ0) is 9.68. The summed E-state index contributed by atoms with van der Waals surface area (Å²) < 4.78 is 1.07. The van der Waals surface area contributed by atoms with Gasteiger partial charge in [0, 0.05) is 9.37 Å². The minimum atomic E-state index is 0.452. The molecule has 0 fully saturated rings. The lowest BCUT2D eigenvalue weighted by Gasteiger charge is -2.00. The van der Waals surface area contributed by atoms with Crippen molar-refractivity contribution < 1.29 is 0 Å². The maximum Gasteiger partial charge on any atom is 0.129 e. The van der Waals surface area contributed by atoms with Crippen LogP contribution in [0.3, 0.4) is 0 Å². The van der Waals surface area contributed by atoms with E-state index in [-0.39, 0.29) is 0 Å². The monoisotopic (exact) mass is 259 g/mol. The number of hydrazone groups is 1. The van der Waals surface area contributed by atoms with Gasteiger partial charge in [0.25, 0.3) is 0 Å². The molecule has 0 heterocycles. The Bertz CT molecular complexity index is 297. The van der Waals surface area contributed by atoms with Crippen LogP contribution in [0.15, 0.2) is 38.7 Å². The second-order valence-corrected chi connectivity index (χ2v) is 4.33. The van der Waals surface area contributed by atoms with E-state index in [1.807, 2.05) is 24.3 Å². The quantitative estimate of drug-likeness (QED) is 0.286. The summed E-state index contributed by atoms with van der Waals surface area (Å²) in [4.78, 5) is 1.15. The van der Waals surface area contributed by atoms with Crippen LogP contribution in [0.2, 0.25) is 0 Å². The van der Waals surface area contributed by atoms with Crippen molar-refractivity contribution in [2.45, 2.75) is 4.90 Å². The predicted molar refractivity (Wildman–Crippen MR) is 60.7 cm³/mol. The van der Waals surface area contributed by atoms with Gasteiger partial charge in [-0.05, 0) is 24.3 Å². The highest BCUT2D eigenvalue weighted by Gasteiger charge is 1.95. The Labute approximate surface area is 89.7 Å². The largest absolute Gasteiger partial charge is 0.385 e. The van der Waals surface area contributed by atoms with E-state index < -0.39 is 0 Å². The Kier molecular flexibility index (Phi) is 4.11. The van der Waals surface area contributed by atoms with Crippen molar-refractivity contribution >= 4 is 33.5 Å². The van der Waals surface area contributed by atoms with Crippen molar-refractivity contribution in [2.24, 2.45) is 16.7 Å². The summed E-state index contributed by atoms with van der Waals surface area (Å²) in [5.74, 6) is 6.08. The summed E-state index contributed by atoms with van der Waals surface area (Å²) in [6.45, 7) is 0. The summed E-state index contributed by atoms with van der Waals surface area (Å²) in [5, 5.41) is 3.39. The molecule has 0 unspecified atom stereocenters. The van der Waals surface area contributed by atoms with Crippen LogP contribution in [0.1, 0.15) is 0 Å². The van der Waals surface area contributed by atoms with Crippen LogP contribution in [-0.4, -0.2) is 11.6 Å². The van der Waals surface area contributed by atoms with Gasteiger partial charge in [-0.2, -0.15) is 5.10 Å². The molecule has 0 atom stereocenters. The molecule has 0 aliphatic carbocycles. The van der Waals surface area contributed by atoms with Gasteiger partial charge in [-0.1, -0.05) is 15.9 Å². The molecule has 70 valence electrons. The van der Waals surface area contributed by atoms with Crippen molar-refractivity contribution in [1.82, 2.24) is 0 Å². The van der Waals surface area contributed by atoms with Gasteiger partial charge >= 0.3 is 0 Å². The smallest absolute Gasteiger partial charge is 0.129 e. The number of nitrogens with zero attached hydrogens (tertiary/aromatic N) is 1. The first-order valence-corrected chi connectivity index (χ1v) is 5.41. The molecule has 0 amide bonds. The van der Waals surface area contributed by atoms with Crippen LogP contribution in [0, 0.1) is 0 Å². The van der Waals surface area contributed by atoms with Gasteiger partial charge in [0.2, 0.25) is 0 Å². The fourth-order valence-corrected chi connectivity index (χ4v) is 1.71. The van der Waals surface area contributed by atoms with Gasteiger partial charge in [-0.15, -0.1) is 11.8 Å². The van der Waals surface area contributed by atoms with Crippen LogP contribution in [-0.2, 0) is 0 Å². The average molecular weight is 260 g/mol. The molecular formula is C8H10BrN3S. The number of amidine groups is 1. The van der Waals surface area contributed by atoms with Crippen LogP contribution >= 0.6 is 27.7 Å². The van der Waals surface area contributed by atoms with E-state index in [1.165, 1.54) is 0 Å². The van der Waals surface area contributed by atoms with Crippen molar-refractivity contribution in [1.29, 1.82) is 0 Å². The minimum absolute atomic E-state index is 0.452. The lowest BCUT2D eigenvalue weighted by atomic mass is 10.4. The summed E-state index contributed by atoms with van der Waals surface area (Å²) in [6.07, 6.45) is 0. The third kappa shape index (κ3) is 3.69. The molecular weight excluding hydrogens is 250 g/mol. The fourth-order valence-electron chi connectivity index (χ4n) is 0.725. The molecule has 0 bridgehead atoms. The standard InChI is InChI=1S/C8H10BrN3S/c9-6-1-3-7(4-2-6)13-5-8(10)12-11/h1-4H,5,11H2,(H2,10,12). The number of nitrogens with two attached hydrogens (primary N) is 2. The van der Waals surface area contributed by atoms with Crippen LogP contribution in [0.4, 0.5) is 0 Å². The Hall–Kier alpha value is -0.680. The molecule has 0 aliphatic rings. The molecule has 4 N–H and O–H groups in total. The van der Waals surface area contributed by atoms with E-state index in [0.29, 0.717) is 11.6 Å². The van der Waals surface area contributed by atoms with Crippen molar-refractivity contribution in [3.05, 3.63) is 28.7 Å². The lowest BCUT2D eigenvalue weighted by Crippen LogP contribution is -2.16. The van der Waals surface area contributed by atoms with Crippen molar-refractivity contribution in [3.8, 4) is 0 Å². The van der Waals surface area contributed by atoms with Gasteiger partial charge in [0.1, 0.15) is 5.84 Å². The third-order valence-corrected chi connectivity index (χ3v) is 2.94. The summed E-state index contributed by atoms with van der Waals surface area (Å²) in [5.41, 5.74) is 5.45. The Morgan fingerprint density at radius 3 is 2.54 bits per heavy atom. The molecule has 3 nitrogen and oxygen atoms in total. The predicted octanol–water partition coefficient (Wildman–Crippen LogP) is 1.77. The van der Waals surface area contributed by atoms with E-state index in [4.69, 9.17) is 11.6 Å². The van der Waals surface area contributed by atoms with Gasteiger partial charge in [0.05, 0.1) is 5.75 Å². The summed E-state index contributed by atoms with van der Waals surface area (Å²) in [7, 11) is 0. The number of thioether (sulfide) groups is 1. The topological polar surface area (TPSA) is 64.4 Å². The Morgan fingerprint density at radius 1 is 1.38 bits per heavy atom. The molecule has 0 saturated heterocycles. The van der Waals surface area contributed by atoms with E-state index in [0.717, 1.165) is 9.37 Å². The van der Waals surface area contributed by atoms with Crippen molar-refractivity contribution in [3.63, 3.8) is 0 Å². The fraction of sp³-hybridized carbons (Fsp3) is 0.125. The molecule has 0 radical (unpaired) electrons. The maximum absolute atomic E-state index is 5.45. The van der Waals surface area contributed by atoms with Gasteiger partial charge < -0.3 is 11.6 Å². The number of halogens is 1. The second-order valence-electron chi connectivity index (χ2n) is 2.36. The van der Waals surface area contributed by atoms with Crippen LogP contribution in [0.25, 0.3) is 0 Å². The minimum Gasteiger partial charge on any atom is -0.385 e. The molecule has 5 heteroatoms. The highest BCUT2D eigenvalue weighted by atomic mass is 79.9. The van der Waals surface area contributed by atoms with E-state index in [2.05, 4.69) is 21.0 Å². The summed E-state index contributed by atoms with van der Waals surface area (Å²) >= 11 is 4.97. The number of rotatable bonds is 3. The van der Waals surface area contributed by atoms with E-state index >= 15 is 0 Å². The maximum atomic E-state index is 5.45. The molecule has 0 saturated carbocycles. The zero-order valence-corrected chi connectivity index (χ0v) is 9.31. The zero-order valence-electron chi connectivity index (χ0n) is 6.90. The van der Waals surface area contributed by atoms with E-state index in [9.17, 15) is 0 Å². The van der Waals surface area contributed by atoms with Gasteiger partial charge in [0.15, 0.2) is 0 Å². The molecule has 1 rings (SSSR count). The first-order chi connectivity index (χ1) is 6.22. The first-order valence-electron chi connectivity index (χ1n) is 3.63. The highest BCUT2D eigenvalue weighted by molar-refractivity contribution is 9.10. The summed E-state index contributed by atoms with van der Waals surface area (Å²) in [6, 6.07) is 7.99. The van der Waals surface area contributed by atoms with Crippen LogP contribution < -0.4 is 11.6 Å². The Balaban J connectivity index is 2.51. The molecule has 0 aromatic heterocycles. The molecule has 0 spiro atoms. The lowest BCUT2D eigenvalue weighted by molar-refractivity contribution is 1.22.